The monoisotopic (exact) mass is 476 g/mol. The van der Waals surface area contributed by atoms with Crippen molar-refractivity contribution in [2.24, 2.45) is 0 Å². The van der Waals surface area contributed by atoms with Crippen LogP contribution in [0.3, 0.4) is 0 Å². The van der Waals surface area contributed by atoms with Crippen molar-refractivity contribution >= 4 is 29.0 Å². The van der Waals surface area contributed by atoms with Crippen LogP contribution in [0, 0.1) is 13.8 Å². The highest BCUT2D eigenvalue weighted by atomic mass is 16.2. The van der Waals surface area contributed by atoms with Crippen molar-refractivity contribution in [3.05, 3.63) is 130 Å². The Balaban J connectivity index is 1.56. The third-order valence-corrected chi connectivity index (χ3v) is 5.79. The van der Waals surface area contributed by atoms with Gasteiger partial charge in [-0.15, -0.1) is 0 Å². The van der Waals surface area contributed by atoms with Crippen LogP contribution in [0.2, 0.25) is 0 Å². The second kappa shape index (κ2) is 11.3. The summed E-state index contributed by atoms with van der Waals surface area (Å²) in [5.74, 6) is -0.650. The highest BCUT2D eigenvalue weighted by Gasteiger charge is 2.17. The summed E-state index contributed by atoms with van der Waals surface area (Å²) in [5.41, 5.74) is 5.70. The van der Waals surface area contributed by atoms with Crippen LogP contribution in [-0.4, -0.2) is 17.6 Å². The molecule has 2 amide bonds. The molecule has 0 radical (unpaired) electrons. The molecule has 0 unspecified atom stereocenters. The zero-order valence-electron chi connectivity index (χ0n) is 20.4. The molecular weight excluding hydrogens is 448 g/mol. The number of anilines is 2. The largest absolute Gasteiger partial charge is 0.326 e. The highest BCUT2D eigenvalue weighted by molar-refractivity contribution is 6.14. The number of carbonyl (C=O) groups excluding carboxylic acids is 3. The summed E-state index contributed by atoms with van der Waals surface area (Å²) in [6, 6.07) is 29.4. The first-order valence-corrected chi connectivity index (χ1v) is 11.8. The van der Waals surface area contributed by atoms with Crippen molar-refractivity contribution < 1.29 is 14.4 Å². The van der Waals surface area contributed by atoms with Crippen molar-refractivity contribution in [3.8, 4) is 0 Å². The minimum Gasteiger partial charge on any atom is -0.326 e. The fraction of sp³-hybridized carbons (Fsp3) is 0.129. The first kappa shape index (κ1) is 24.6. The first-order valence-electron chi connectivity index (χ1n) is 11.8. The fourth-order valence-corrected chi connectivity index (χ4v) is 3.96. The number of carbonyl (C=O) groups is 3. The van der Waals surface area contributed by atoms with Crippen molar-refractivity contribution in [1.82, 2.24) is 0 Å². The van der Waals surface area contributed by atoms with E-state index in [4.69, 9.17) is 0 Å². The van der Waals surface area contributed by atoms with E-state index >= 15 is 0 Å². The number of aryl methyl sites for hydroxylation is 2. The predicted octanol–water partition coefficient (Wildman–Crippen LogP) is 5.90. The molecule has 180 valence electrons. The molecule has 0 saturated carbocycles. The Hall–Kier alpha value is -4.51. The topological polar surface area (TPSA) is 75.3 Å². The molecule has 5 heteroatoms. The average molecular weight is 477 g/mol. The van der Waals surface area contributed by atoms with Crippen LogP contribution in [-0.2, 0) is 22.4 Å². The summed E-state index contributed by atoms with van der Waals surface area (Å²) in [7, 11) is 0. The molecule has 5 nitrogen and oxygen atoms in total. The Morgan fingerprint density at radius 2 is 1.31 bits per heavy atom. The van der Waals surface area contributed by atoms with Gasteiger partial charge in [-0.25, -0.2) is 0 Å². The third kappa shape index (κ3) is 6.54. The van der Waals surface area contributed by atoms with Gasteiger partial charge in [0, 0.05) is 16.8 Å². The summed E-state index contributed by atoms with van der Waals surface area (Å²) in [6.45, 7) is 3.97. The standard InChI is InChI=1S/C31H28N2O3/c1-21-11-13-23(14-12-21)18-30(35)33-28-16-15-26(20-27(28)31(36)25-9-4-3-5-10-25)32-29(34)19-24-8-6-7-22(2)17-24/h3-17,20H,18-19H2,1-2H3,(H,32,34)(H,33,35). The Labute approximate surface area is 211 Å². The number of amides is 2. The van der Waals surface area contributed by atoms with Crippen molar-refractivity contribution in [2.45, 2.75) is 26.7 Å². The lowest BCUT2D eigenvalue weighted by molar-refractivity contribution is -0.116. The van der Waals surface area contributed by atoms with Gasteiger partial charge >= 0.3 is 0 Å². The van der Waals surface area contributed by atoms with E-state index in [9.17, 15) is 14.4 Å². The normalized spacial score (nSPS) is 10.5. The average Bonchev–Trinajstić information content (AvgIpc) is 2.86. The van der Waals surface area contributed by atoms with Gasteiger partial charge in [0.25, 0.3) is 0 Å². The van der Waals surface area contributed by atoms with E-state index in [2.05, 4.69) is 10.6 Å². The smallest absolute Gasteiger partial charge is 0.228 e. The lowest BCUT2D eigenvalue weighted by Crippen LogP contribution is -2.18. The molecule has 0 atom stereocenters. The van der Waals surface area contributed by atoms with Crippen LogP contribution in [0.25, 0.3) is 0 Å². The van der Waals surface area contributed by atoms with Gasteiger partial charge in [-0.1, -0.05) is 90.0 Å². The number of nitrogens with one attached hydrogen (secondary N) is 2. The van der Waals surface area contributed by atoms with Crippen molar-refractivity contribution in [2.75, 3.05) is 10.6 Å². The zero-order chi connectivity index (χ0) is 25.5. The van der Waals surface area contributed by atoms with Crippen LogP contribution in [0.4, 0.5) is 11.4 Å². The molecule has 2 N–H and O–H groups in total. The minimum absolute atomic E-state index is 0.185. The molecule has 4 aromatic carbocycles. The summed E-state index contributed by atoms with van der Waals surface area (Å²) in [6.07, 6.45) is 0.410. The molecule has 4 rings (SSSR count). The van der Waals surface area contributed by atoms with Crippen molar-refractivity contribution in [3.63, 3.8) is 0 Å². The fourth-order valence-electron chi connectivity index (χ4n) is 3.96. The molecule has 0 saturated heterocycles. The highest BCUT2D eigenvalue weighted by Crippen LogP contribution is 2.24. The molecule has 0 spiro atoms. The van der Waals surface area contributed by atoms with E-state index in [1.54, 1.807) is 42.5 Å². The minimum atomic E-state index is -0.240. The van der Waals surface area contributed by atoms with Gasteiger partial charge in [0.1, 0.15) is 0 Å². The first-order chi connectivity index (χ1) is 17.4. The van der Waals surface area contributed by atoms with E-state index in [0.29, 0.717) is 22.5 Å². The van der Waals surface area contributed by atoms with E-state index < -0.39 is 0 Å². The summed E-state index contributed by atoms with van der Waals surface area (Å²) in [4.78, 5) is 38.8. The van der Waals surface area contributed by atoms with E-state index in [-0.39, 0.29) is 30.4 Å². The number of rotatable bonds is 8. The molecule has 0 fully saturated rings. The number of hydrogen-bond acceptors (Lipinski definition) is 3. The Morgan fingerprint density at radius 3 is 2.03 bits per heavy atom. The van der Waals surface area contributed by atoms with E-state index in [1.807, 2.05) is 68.4 Å². The molecule has 0 aromatic heterocycles. The van der Waals surface area contributed by atoms with Crippen LogP contribution in [0.5, 0.6) is 0 Å². The van der Waals surface area contributed by atoms with Gasteiger partial charge in [0.05, 0.1) is 18.5 Å². The molecule has 0 aliphatic rings. The quantitative estimate of drug-likeness (QED) is 0.311. The molecule has 0 aliphatic carbocycles. The van der Waals surface area contributed by atoms with Crippen LogP contribution in [0.1, 0.15) is 38.2 Å². The predicted molar refractivity (Wildman–Crippen MR) is 143 cm³/mol. The van der Waals surface area contributed by atoms with Gasteiger partial charge in [-0.2, -0.15) is 0 Å². The van der Waals surface area contributed by atoms with Gasteiger partial charge in [0.15, 0.2) is 5.78 Å². The molecule has 0 aliphatic heterocycles. The molecule has 0 heterocycles. The zero-order valence-corrected chi connectivity index (χ0v) is 20.4. The van der Waals surface area contributed by atoms with Crippen molar-refractivity contribution in [1.29, 1.82) is 0 Å². The van der Waals surface area contributed by atoms with Crippen LogP contribution >= 0.6 is 0 Å². The maximum absolute atomic E-state index is 13.3. The maximum atomic E-state index is 13.3. The number of benzene rings is 4. The lowest BCUT2D eigenvalue weighted by atomic mass is 10.0. The third-order valence-electron chi connectivity index (χ3n) is 5.79. The van der Waals surface area contributed by atoms with E-state index in [1.165, 1.54) is 0 Å². The SMILES string of the molecule is Cc1ccc(CC(=O)Nc2ccc(NC(=O)Cc3cccc(C)c3)cc2C(=O)c2ccccc2)cc1. The summed E-state index contributed by atoms with van der Waals surface area (Å²) < 4.78 is 0. The summed E-state index contributed by atoms with van der Waals surface area (Å²) >= 11 is 0. The number of hydrogen-bond donors (Lipinski definition) is 2. The Morgan fingerprint density at radius 1 is 0.611 bits per heavy atom. The van der Waals surface area contributed by atoms with Crippen LogP contribution in [0.15, 0.2) is 97.1 Å². The van der Waals surface area contributed by atoms with Gasteiger partial charge < -0.3 is 10.6 Å². The van der Waals surface area contributed by atoms with Gasteiger partial charge in [-0.05, 0) is 43.2 Å². The maximum Gasteiger partial charge on any atom is 0.228 e. The van der Waals surface area contributed by atoms with E-state index in [0.717, 1.165) is 22.3 Å². The Bertz CT molecular complexity index is 1390. The molecular formula is C31H28N2O3. The second-order valence-corrected chi connectivity index (χ2v) is 8.88. The molecule has 36 heavy (non-hydrogen) atoms. The summed E-state index contributed by atoms with van der Waals surface area (Å²) in [5, 5.41) is 5.76. The van der Waals surface area contributed by atoms with Gasteiger partial charge in [-0.3, -0.25) is 14.4 Å². The molecule has 0 bridgehead atoms. The number of ketones is 1. The Kier molecular flexibility index (Phi) is 7.71. The molecule has 4 aromatic rings. The second-order valence-electron chi connectivity index (χ2n) is 8.88. The van der Waals surface area contributed by atoms with Crippen LogP contribution < -0.4 is 10.6 Å². The van der Waals surface area contributed by atoms with Gasteiger partial charge in [0.2, 0.25) is 11.8 Å². The lowest BCUT2D eigenvalue weighted by Gasteiger charge is -2.14.